The van der Waals surface area contributed by atoms with Crippen molar-refractivity contribution in [1.82, 2.24) is 0 Å². The normalized spacial score (nSPS) is 11.8. The molecule has 7 aromatic rings. The number of thiophene rings is 1. The van der Waals surface area contributed by atoms with Gasteiger partial charge in [0.1, 0.15) is 0 Å². The highest BCUT2D eigenvalue weighted by Gasteiger charge is 2.16. The summed E-state index contributed by atoms with van der Waals surface area (Å²) in [6.45, 7) is 2.06. The van der Waals surface area contributed by atoms with E-state index in [1.54, 1.807) is 0 Å². The number of rotatable bonds is 6. The van der Waals surface area contributed by atoms with Gasteiger partial charge in [-0.05, 0) is 65.2 Å². The number of para-hydroxylation sites is 2. The van der Waals surface area contributed by atoms with Gasteiger partial charge in [-0.3, -0.25) is 15.4 Å². The Morgan fingerprint density at radius 1 is 0.659 bits per heavy atom. The number of hydrogen-bond donors (Lipinski definition) is 1. The lowest BCUT2D eigenvalue weighted by Gasteiger charge is -2.25. The molecule has 0 saturated heterocycles. The smallest absolute Gasteiger partial charge is 0.0882 e. The summed E-state index contributed by atoms with van der Waals surface area (Å²) in [7, 11) is 2.09. The zero-order chi connectivity index (χ0) is 27.8. The second kappa shape index (κ2) is 10.6. The van der Waals surface area contributed by atoms with Crippen molar-refractivity contribution >= 4 is 65.1 Å². The quantitative estimate of drug-likeness (QED) is 0.166. The summed E-state index contributed by atoms with van der Waals surface area (Å²) in [6.07, 6.45) is 0. The lowest BCUT2D eigenvalue weighted by atomic mass is 9.98. The molecule has 198 valence electrons. The highest BCUT2D eigenvalue weighted by molar-refractivity contribution is 7.25. The Bertz CT molecular complexity index is 2060. The van der Waals surface area contributed by atoms with E-state index in [0.717, 1.165) is 28.3 Å². The predicted octanol–water partition coefficient (Wildman–Crippen LogP) is 10.5. The SMILES string of the molecule is CC(=Nc1ccccc1NN(C)c1cc2sc3ccccc3c2cc1-c1ccc2ccccc2c1)c1ccccc1. The molecule has 0 spiro atoms. The average Bonchev–Trinajstić information content (AvgIpc) is 3.39. The van der Waals surface area contributed by atoms with Crippen LogP contribution in [0.5, 0.6) is 0 Å². The number of hydrogen-bond acceptors (Lipinski definition) is 4. The Balaban J connectivity index is 1.34. The van der Waals surface area contributed by atoms with Gasteiger partial charge in [0.05, 0.1) is 17.1 Å². The predicted molar refractivity (Wildman–Crippen MR) is 179 cm³/mol. The minimum atomic E-state index is 0.899. The second-order valence-corrected chi connectivity index (χ2v) is 11.4. The molecule has 0 aliphatic heterocycles. The van der Waals surface area contributed by atoms with E-state index in [2.05, 4.69) is 128 Å². The number of nitrogens with zero attached hydrogens (tertiary/aromatic N) is 2. The Morgan fingerprint density at radius 3 is 2.27 bits per heavy atom. The van der Waals surface area contributed by atoms with Crippen LogP contribution in [0.1, 0.15) is 12.5 Å². The Hall–Kier alpha value is -4.93. The van der Waals surface area contributed by atoms with Crippen LogP contribution in [0.2, 0.25) is 0 Å². The first-order valence-electron chi connectivity index (χ1n) is 13.8. The molecule has 0 amide bonds. The zero-order valence-corrected chi connectivity index (χ0v) is 23.8. The van der Waals surface area contributed by atoms with E-state index in [1.807, 2.05) is 41.7 Å². The molecule has 1 aromatic heterocycles. The Morgan fingerprint density at radius 2 is 1.39 bits per heavy atom. The third-order valence-electron chi connectivity index (χ3n) is 7.59. The Labute approximate surface area is 244 Å². The molecule has 0 bridgehead atoms. The molecule has 41 heavy (non-hydrogen) atoms. The average molecular weight is 548 g/mol. The highest BCUT2D eigenvalue weighted by atomic mass is 32.1. The van der Waals surface area contributed by atoms with Crippen molar-refractivity contribution in [2.24, 2.45) is 4.99 Å². The van der Waals surface area contributed by atoms with Crippen molar-refractivity contribution in [3.05, 3.63) is 139 Å². The van der Waals surface area contributed by atoms with Gasteiger partial charge in [-0.15, -0.1) is 11.3 Å². The summed E-state index contributed by atoms with van der Waals surface area (Å²) < 4.78 is 2.57. The van der Waals surface area contributed by atoms with Gasteiger partial charge in [0.15, 0.2) is 0 Å². The van der Waals surface area contributed by atoms with E-state index in [9.17, 15) is 0 Å². The van der Waals surface area contributed by atoms with Crippen molar-refractivity contribution in [2.75, 3.05) is 17.5 Å². The van der Waals surface area contributed by atoms with E-state index in [0.29, 0.717) is 0 Å². The van der Waals surface area contributed by atoms with Gasteiger partial charge in [0, 0.05) is 38.5 Å². The zero-order valence-electron chi connectivity index (χ0n) is 23.0. The van der Waals surface area contributed by atoms with Crippen molar-refractivity contribution in [2.45, 2.75) is 6.92 Å². The molecule has 0 atom stereocenters. The first kappa shape index (κ1) is 25.1. The fourth-order valence-corrected chi connectivity index (χ4v) is 6.58. The molecule has 0 fully saturated rings. The molecule has 1 N–H and O–H groups in total. The van der Waals surface area contributed by atoms with E-state index >= 15 is 0 Å². The first-order valence-corrected chi connectivity index (χ1v) is 14.6. The molecule has 6 aromatic carbocycles. The van der Waals surface area contributed by atoms with Gasteiger partial charge in [-0.1, -0.05) is 97.1 Å². The Kier molecular flexibility index (Phi) is 6.46. The van der Waals surface area contributed by atoms with Gasteiger partial charge in [0.2, 0.25) is 0 Å². The van der Waals surface area contributed by atoms with Gasteiger partial charge in [-0.25, -0.2) is 0 Å². The summed E-state index contributed by atoms with van der Waals surface area (Å²) in [6, 6.07) is 47.2. The molecule has 1 heterocycles. The molecule has 0 unspecified atom stereocenters. The molecule has 0 aliphatic carbocycles. The number of fused-ring (bicyclic) bond motifs is 4. The van der Waals surface area contributed by atoms with Crippen LogP contribution in [0.15, 0.2) is 138 Å². The topological polar surface area (TPSA) is 27.6 Å². The van der Waals surface area contributed by atoms with Crippen molar-refractivity contribution < 1.29 is 0 Å². The maximum atomic E-state index is 5.00. The maximum Gasteiger partial charge on any atom is 0.0882 e. The summed E-state index contributed by atoms with van der Waals surface area (Å²) in [4.78, 5) is 5.00. The monoisotopic (exact) mass is 547 g/mol. The lowest BCUT2D eigenvalue weighted by Crippen LogP contribution is -2.25. The van der Waals surface area contributed by atoms with Gasteiger partial charge in [-0.2, -0.15) is 0 Å². The van der Waals surface area contributed by atoms with E-state index in [4.69, 9.17) is 4.99 Å². The van der Waals surface area contributed by atoms with Crippen LogP contribution < -0.4 is 10.4 Å². The summed E-state index contributed by atoms with van der Waals surface area (Å²) in [5.74, 6) is 0. The molecular formula is C37H29N3S. The lowest BCUT2D eigenvalue weighted by molar-refractivity contribution is 1.10. The molecule has 0 saturated carbocycles. The van der Waals surface area contributed by atoms with E-state index < -0.39 is 0 Å². The van der Waals surface area contributed by atoms with Crippen LogP contribution >= 0.6 is 11.3 Å². The first-order chi connectivity index (χ1) is 20.1. The minimum absolute atomic E-state index is 0.899. The molecular weight excluding hydrogens is 518 g/mol. The van der Waals surface area contributed by atoms with Crippen molar-refractivity contribution in [3.63, 3.8) is 0 Å². The third kappa shape index (κ3) is 4.83. The molecule has 3 nitrogen and oxygen atoms in total. The molecule has 7 rings (SSSR count). The highest BCUT2D eigenvalue weighted by Crippen LogP contribution is 2.42. The summed E-state index contributed by atoms with van der Waals surface area (Å²) >= 11 is 1.84. The maximum absolute atomic E-state index is 5.00. The third-order valence-corrected chi connectivity index (χ3v) is 8.72. The van der Waals surface area contributed by atoms with Gasteiger partial charge < -0.3 is 0 Å². The second-order valence-electron chi connectivity index (χ2n) is 10.3. The van der Waals surface area contributed by atoms with Gasteiger partial charge in [0.25, 0.3) is 0 Å². The van der Waals surface area contributed by atoms with Crippen LogP contribution in [0.25, 0.3) is 42.1 Å². The summed E-state index contributed by atoms with van der Waals surface area (Å²) in [5, 5.41) is 7.19. The fourth-order valence-electron chi connectivity index (χ4n) is 5.46. The number of aliphatic imine (C=N–C) groups is 1. The van der Waals surface area contributed by atoms with Crippen LogP contribution in [0, 0.1) is 0 Å². The molecule has 4 heteroatoms. The number of hydrazine groups is 1. The van der Waals surface area contributed by atoms with E-state index in [-0.39, 0.29) is 0 Å². The van der Waals surface area contributed by atoms with Gasteiger partial charge >= 0.3 is 0 Å². The number of nitrogens with one attached hydrogen (secondary N) is 1. The number of anilines is 2. The van der Waals surface area contributed by atoms with E-state index in [1.165, 1.54) is 42.1 Å². The van der Waals surface area contributed by atoms with Crippen LogP contribution in [0.4, 0.5) is 17.1 Å². The van der Waals surface area contributed by atoms with Crippen molar-refractivity contribution in [3.8, 4) is 11.1 Å². The van der Waals surface area contributed by atoms with Crippen LogP contribution in [-0.4, -0.2) is 12.8 Å². The van der Waals surface area contributed by atoms with Crippen LogP contribution in [0.3, 0.4) is 0 Å². The number of benzene rings is 6. The van der Waals surface area contributed by atoms with Crippen LogP contribution in [-0.2, 0) is 0 Å². The fraction of sp³-hybridized carbons (Fsp3) is 0.0541. The standard InChI is InChI=1S/C37H29N3S/c1-25(26-12-4-3-5-13-26)38-33-17-9-10-18-34(33)39-40(2)35-24-37-32(30-16-8-11-19-36(30)41-37)23-31(35)29-21-20-27-14-6-7-15-28(27)22-29/h3-24,39H,1-2H3. The summed E-state index contributed by atoms with van der Waals surface area (Å²) in [5.41, 5.74) is 11.1. The van der Waals surface area contributed by atoms with Crippen molar-refractivity contribution in [1.29, 1.82) is 0 Å². The largest absolute Gasteiger partial charge is 0.296 e. The molecule has 0 radical (unpaired) electrons. The minimum Gasteiger partial charge on any atom is -0.296 e. The molecule has 0 aliphatic rings.